The Hall–Kier alpha value is -4.75. The van der Waals surface area contributed by atoms with E-state index in [1.54, 1.807) is 24.9 Å². The predicted molar refractivity (Wildman–Crippen MR) is 193 cm³/mol. The zero-order valence-corrected chi connectivity index (χ0v) is 29.5. The van der Waals surface area contributed by atoms with Crippen molar-refractivity contribution in [1.82, 2.24) is 25.1 Å². The van der Waals surface area contributed by atoms with Gasteiger partial charge in [-0.3, -0.25) is 24.4 Å². The van der Waals surface area contributed by atoms with Gasteiger partial charge in [0.25, 0.3) is 0 Å². The molecule has 4 aromatic rings. The van der Waals surface area contributed by atoms with E-state index in [-0.39, 0.29) is 23.8 Å². The van der Waals surface area contributed by atoms with Gasteiger partial charge in [0.15, 0.2) is 5.82 Å². The monoisotopic (exact) mass is 699 g/mol. The molecule has 13 nitrogen and oxygen atoms in total. The van der Waals surface area contributed by atoms with Crippen LogP contribution in [0.25, 0.3) is 10.9 Å². The number of carbonyl (C=O) groups excluding carboxylic acids is 3. The van der Waals surface area contributed by atoms with Gasteiger partial charge in [-0.2, -0.15) is 10.1 Å². The Balaban J connectivity index is 1.01. The third-order valence-electron chi connectivity index (χ3n) is 10.1. The van der Waals surface area contributed by atoms with Crippen molar-refractivity contribution in [3.05, 3.63) is 58.9 Å². The number of hydrogen-bond donors (Lipinski definition) is 3. The average molecular weight is 700 g/mol. The summed E-state index contributed by atoms with van der Waals surface area (Å²) in [5.41, 5.74) is 4.43. The number of piperidine rings is 2. The molecule has 2 aromatic carbocycles. The fourth-order valence-corrected chi connectivity index (χ4v) is 7.31. The Kier molecular flexibility index (Phi) is 8.89. The van der Waals surface area contributed by atoms with Crippen LogP contribution in [0.15, 0.2) is 42.6 Å². The van der Waals surface area contributed by atoms with E-state index in [9.17, 15) is 19.5 Å². The highest BCUT2D eigenvalue weighted by Crippen LogP contribution is 2.36. The summed E-state index contributed by atoms with van der Waals surface area (Å²) in [5.74, 6) is 0.122. The van der Waals surface area contributed by atoms with Crippen molar-refractivity contribution in [1.29, 1.82) is 0 Å². The van der Waals surface area contributed by atoms with Crippen molar-refractivity contribution in [3.8, 4) is 0 Å². The van der Waals surface area contributed by atoms with E-state index in [1.165, 1.54) is 0 Å². The molecule has 0 radical (unpaired) electrons. The van der Waals surface area contributed by atoms with Crippen molar-refractivity contribution >= 4 is 69.1 Å². The molecule has 3 amide bonds. The van der Waals surface area contributed by atoms with E-state index in [1.807, 2.05) is 43.0 Å². The van der Waals surface area contributed by atoms with Crippen molar-refractivity contribution < 1.29 is 19.5 Å². The van der Waals surface area contributed by atoms with Crippen LogP contribution in [0.5, 0.6) is 0 Å². The minimum Gasteiger partial charge on any atom is -0.390 e. The largest absolute Gasteiger partial charge is 0.390 e. The molecule has 1 unspecified atom stereocenters. The van der Waals surface area contributed by atoms with Gasteiger partial charge in [0, 0.05) is 68.6 Å². The van der Waals surface area contributed by atoms with Crippen LogP contribution >= 0.6 is 11.6 Å². The second-order valence-electron chi connectivity index (χ2n) is 14.2. The van der Waals surface area contributed by atoms with Crippen LogP contribution in [-0.2, 0) is 27.9 Å². The van der Waals surface area contributed by atoms with Gasteiger partial charge in [-0.05, 0) is 75.4 Å². The van der Waals surface area contributed by atoms with Crippen molar-refractivity contribution in [3.63, 3.8) is 0 Å². The summed E-state index contributed by atoms with van der Waals surface area (Å²) in [6.45, 7) is 5.61. The summed E-state index contributed by atoms with van der Waals surface area (Å²) in [4.78, 5) is 52.5. The molecule has 2 fully saturated rings. The normalized spacial score (nSPS) is 18.5. The molecule has 2 saturated heterocycles. The molecule has 3 aliphatic heterocycles. The summed E-state index contributed by atoms with van der Waals surface area (Å²) in [6.07, 6.45) is 5.00. The minimum absolute atomic E-state index is 0.0212. The van der Waals surface area contributed by atoms with Crippen LogP contribution in [0.2, 0.25) is 5.02 Å². The van der Waals surface area contributed by atoms with Gasteiger partial charge in [0.05, 0.1) is 35.3 Å². The fourth-order valence-electron chi connectivity index (χ4n) is 7.17. The second kappa shape index (κ2) is 13.2. The molecule has 0 saturated carbocycles. The number of nitrogens with zero attached hydrogens (tertiary/aromatic N) is 7. The van der Waals surface area contributed by atoms with Gasteiger partial charge < -0.3 is 25.1 Å². The third-order valence-corrected chi connectivity index (χ3v) is 10.4. The molecule has 262 valence electrons. The van der Waals surface area contributed by atoms with Gasteiger partial charge in [-0.1, -0.05) is 17.7 Å². The first-order valence-electron chi connectivity index (χ1n) is 17.1. The lowest BCUT2D eigenvalue weighted by Gasteiger charge is -2.38. The number of aliphatic hydroxyl groups is 1. The molecule has 5 heterocycles. The maximum absolute atomic E-state index is 12.7. The summed E-state index contributed by atoms with van der Waals surface area (Å²) in [5, 5.41) is 22.0. The molecule has 50 heavy (non-hydrogen) atoms. The van der Waals surface area contributed by atoms with Gasteiger partial charge in [0.2, 0.25) is 23.7 Å². The van der Waals surface area contributed by atoms with E-state index in [0.29, 0.717) is 54.7 Å². The lowest BCUT2D eigenvalue weighted by atomic mass is 9.92. The first-order chi connectivity index (χ1) is 23.8. The number of hydrogen-bond acceptors (Lipinski definition) is 10. The number of amides is 3. The highest BCUT2D eigenvalue weighted by Gasteiger charge is 2.33. The van der Waals surface area contributed by atoms with Crippen molar-refractivity contribution in [2.75, 3.05) is 46.7 Å². The zero-order valence-electron chi connectivity index (χ0n) is 28.7. The number of fused-ring (bicyclic) bond motifs is 2. The summed E-state index contributed by atoms with van der Waals surface area (Å²) >= 11 is 6.56. The molecule has 3 aliphatic rings. The topological polar surface area (TPSA) is 149 Å². The Morgan fingerprint density at radius 3 is 2.62 bits per heavy atom. The van der Waals surface area contributed by atoms with Crippen LogP contribution in [0.4, 0.5) is 28.8 Å². The smallest absolute Gasteiger partial charge is 0.235 e. The maximum atomic E-state index is 12.7. The quantitative estimate of drug-likeness (QED) is 0.214. The number of rotatable bonds is 9. The molecule has 3 N–H and O–H groups in total. The Morgan fingerprint density at radius 2 is 1.88 bits per heavy atom. The number of nitrogens with one attached hydrogen (secondary N) is 2. The number of carbonyl (C=O) groups is 3. The van der Waals surface area contributed by atoms with Gasteiger partial charge in [-0.25, -0.2) is 4.98 Å². The van der Waals surface area contributed by atoms with Crippen molar-refractivity contribution in [2.24, 2.45) is 7.05 Å². The van der Waals surface area contributed by atoms with Crippen LogP contribution < -0.4 is 25.3 Å². The van der Waals surface area contributed by atoms with Crippen LogP contribution in [-0.4, -0.2) is 80.9 Å². The van der Waals surface area contributed by atoms with E-state index in [2.05, 4.69) is 42.6 Å². The number of benzene rings is 2. The van der Waals surface area contributed by atoms with Gasteiger partial charge in [-0.15, -0.1) is 0 Å². The van der Waals surface area contributed by atoms with Gasteiger partial charge >= 0.3 is 0 Å². The number of aromatic nitrogens is 4. The molecule has 0 spiro atoms. The number of halogens is 1. The Labute approximate surface area is 295 Å². The molecule has 1 atom stereocenters. The standard InChI is InChI=1S/C36H42ClN9O4/c1-36(2,50)13-16-46-28-18-22(6-5-21(28)17-31(46)48)39-33-27(37)20-38-35(41-33)43(3)23-11-14-45(15-12-23)24-7-8-25-29(19-24)44(4)42-32(25)26-9-10-30(47)40-34(26)49/h5-8,18-20,23,26,50H,9-17H2,1-4H3,(H,38,39,41)(H,40,47,49). The first-order valence-corrected chi connectivity index (χ1v) is 17.5. The van der Waals surface area contributed by atoms with E-state index in [4.69, 9.17) is 16.6 Å². The second-order valence-corrected chi connectivity index (χ2v) is 14.6. The molecule has 7 rings (SSSR count). The van der Waals surface area contributed by atoms with Crippen LogP contribution in [0.3, 0.4) is 0 Å². The lowest BCUT2D eigenvalue weighted by Crippen LogP contribution is -2.44. The molecule has 14 heteroatoms. The molecule has 2 aromatic heterocycles. The summed E-state index contributed by atoms with van der Waals surface area (Å²) < 4.78 is 1.82. The van der Waals surface area contributed by atoms with Crippen LogP contribution in [0, 0.1) is 0 Å². The zero-order chi connectivity index (χ0) is 35.3. The average Bonchev–Trinajstić information content (AvgIpc) is 3.58. The van der Waals surface area contributed by atoms with Crippen LogP contribution in [0.1, 0.15) is 63.1 Å². The molecule has 0 aliphatic carbocycles. The Morgan fingerprint density at radius 1 is 1.10 bits per heavy atom. The molecule has 0 bridgehead atoms. The number of anilines is 5. The minimum atomic E-state index is -0.869. The van der Waals surface area contributed by atoms with E-state index >= 15 is 0 Å². The lowest BCUT2D eigenvalue weighted by molar-refractivity contribution is -0.134. The van der Waals surface area contributed by atoms with E-state index < -0.39 is 11.5 Å². The SMILES string of the molecule is CN(c1ncc(Cl)c(Nc2ccc3c(c2)N(CCC(C)(C)O)C(=O)C3)n1)C1CCN(c2ccc3c(C4CCC(=O)NC4=O)nn(C)c3c2)CC1. The maximum Gasteiger partial charge on any atom is 0.235 e. The molecular formula is C36H42ClN9O4. The van der Waals surface area contributed by atoms with E-state index in [0.717, 1.165) is 59.5 Å². The van der Waals surface area contributed by atoms with Gasteiger partial charge in [0.1, 0.15) is 5.02 Å². The highest BCUT2D eigenvalue weighted by atomic mass is 35.5. The predicted octanol–water partition coefficient (Wildman–Crippen LogP) is 4.44. The third kappa shape index (κ3) is 6.71. The molecular weight excluding hydrogens is 658 g/mol. The fraction of sp³-hybridized carbons (Fsp3) is 0.444. The first kappa shape index (κ1) is 33.7. The highest BCUT2D eigenvalue weighted by molar-refractivity contribution is 6.33. The Bertz CT molecular complexity index is 1980. The summed E-state index contributed by atoms with van der Waals surface area (Å²) in [7, 11) is 3.89. The van der Waals surface area contributed by atoms with Crippen molar-refractivity contribution in [2.45, 2.75) is 69.9 Å². The number of imide groups is 1. The number of aryl methyl sites for hydroxylation is 1. The summed E-state index contributed by atoms with van der Waals surface area (Å²) in [6, 6.07) is 12.3.